The summed E-state index contributed by atoms with van der Waals surface area (Å²) in [5.74, 6) is -0.114. The molecule has 0 unspecified atom stereocenters. The molecule has 0 amide bonds. The molecule has 2 aromatic carbocycles. The molecule has 0 spiro atoms. The van der Waals surface area contributed by atoms with Crippen LogP contribution in [-0.4, -0.2) is 30.0 Å². The number of nitrogens with zero attached hydrogens (tertiary/aromatic N) is 2. The first kappa shape index (κ1) is 17.5. The highest BCUT2D eigenvalue weighted by Crippen LogP contribution is 2.33. The number of aromatic carboxylic acids is 1. The molecule has 26 heavy (non-hydrogen) atoms. The summed E-state index contributed by atoms with van der Waals surface area (Å²) in [6.45, 7) is 3.85. The summed E-state index contributed by atoms with van der Waals surface area (Å²) in [7, 11) is 3.11. The number of carboxylic acid groups (broad SMARTS) is 1. The molecule has 134 valence electrons. The molecule has 6 nitrogen and oxygen atoms in total. The van der Waals surface area contributed by atoms with Crippen LogP contribution in [0.5, 0.6) is 11.5 Å². The van der Waals surface area contributed by atoms with Crippen molar-refractivity contribution in [1.29, 1.82) is 0 Å². The second kappa shape index (κ2) is 6.92. The van der Waals surface area contributed by atoms with Crippen molar-refractivity contribution >= 4 is 5.97 Å². The monoisotopic (exact) mass is 351 g/mol. The number of carboxylic acids is 1. The van der Waals surface area contributed by atoms with Crippen molar-refractivity contribution < 1.29 is 19.4 Å². The Hall–Kier alpha value is -3.28. The van der Waals surface area contributed by atoms with E-state index in [4.69, 9.17) is 9.47 Å². The molecule has 0 saturated carbocycles. The number of benzene rings is 2. The average molecular weight is 351 g/mol. The van der Waals surface area contributed by atoms with E-state index in [1.807, 2.05) is 32.0 Å². The van der Waals surface area contributed by atoms with Crippen molar-refractivity contribution in [1.82, 2.24) is 9.78 Å². The minimum atomic E-state index is -1.29. The Kier molecular flexibility index (Phi) is 4.67. The number of ether oxygens (including phenoxy) is 2. The van der Waals surface area contributed by atoms with Gasteiger partial charge in [0.15, 0.2) is 0 Å². The zero-order valence-corrected chi connectivity index (χ0v) is 15.1. The maximum absolute atomic E-state index is 11.7. The largest absolute Gasteiger partial charge is 0.543 e. The molecular formula is C20H19N2O4-. The molecular weight excluding hydrogens is 332 g/mol. The topological polar surface area (TPSA) is 76.4 Å². The van der Waals surface area contributed by atoms with Crippen LogP contribution in [0.3, 0.4) is 0 Å². The Morgan fingerprint density at radius 1 is 1.04 bits per heavy atom. The highest BCUT2D eigenvalue weighted by molar-refractivity contribution is 5.87. The Morgan fingerprint density at radius 3 is 2.46 bits per heavy atom. The smallest absolute Gasteiger partial charge is 0.132 e. The Labute approximate surface area is 151 Å². The summed E-state index contributed by atoms with van der Waals surface area (Å²) in [6.07, 6.45) is 0. The van der Waals surface area contributed by atoms with Crippen LogP contribution in [0.25, 0.3) is 16.9 Å². The maximum atomic E-state index is 11.7. The van der Waals surface area contributed by atoms with Gasteiger partial charge in [-0.3, -0.25) is 0 Å². The van der Waals surface area contributed by atoms with Gasteiger partial charge in [-0.05, 0) is 49.2 Å². The van der Waals surface area contributed by atoms with Gasteiger partial charge in [0, 0.05) is 11.6 Å². The first-order chi connectivity index (χ1) is 12.4. The molecule has 1 heterocycles. The van der Waals surface area contributed by atoms with Crippen LogP contribution < -0.4 is 14.6 Å². The summed E-state index contributed by atoms with van der Waals surface area (Å²) >= 11 is 0. The number of aromatic nitrogens is 2. The maximum Gasteiger partial charge on any atom is 0.132 e. The molecule has 0 N–H and O–H groups in total. The molecule has 0 fully saturated rings. The third kappa shape index (κ3) is 3.13. The van der Waals surface area contributed by atoms with Crippen LogP contribution in [-0.2, 0) is 0 Å². The summed E-state index contributed by atoms with van der Waals surface area (Å²) in [5, 5.41) is 16.2. The van der Waals surface area contributed by atoms with Crippen molar-refractivity contribution in [2.45, 2.75) is 13.8 Å². The van der Waals surface area contributed by atoms with Crippen LogP contribution in [0.4, 0.5) is 0 Å². The van der Waals surface area contributed by atoms with E-state index < -0.39 is 5.97 Å². The van der Waals surface area contributed by atoms with E-state index >= 15 is 0 Å². The lowest BCUT2D eigenvalue weighted by atomic mass is 10.1. The lowest BCUT2D eigenvalue weighted by Gasteiger charge is -2.11. The van der Waals surface area contributed by atoms with E-state index in [0.29, 0.717) is 28.4 Å². The van der Waals surface area contributed by atoms with Gasteiger partial charge < -0.3 is 19.4 Å². The number of methoxy groups -OCH3 is 2. The normalized spacial score (nSPS) is 10.6. The Balaban J connectivity index is 2.20. The number of hydrogen-bond acceptors (Lipinski definition) is 5. The SMILES string of the molecule is COc1ccc(-c2cc(C(=O)[O-])n(-c3cc(C)ccc3C)n2)c(OC)c1. The molecule has 3 rings (SSSR count). The van der Waals surface area contributed by atoms with E-state index in [2.05, 4.69) is 5.10 Å². The highest BCUT2D eigenvalue weighted by Gasteiger charge is 2.17. The second-order valence-corrected chi connectivity index (χ2v) is 5.97. The lowest BCUT2D eigenvalue weighted by molar-refractivity contribution is -0.255. The van der Waals surface area contributed by atoms with Crippen LogP contribution in [0.1, 0.15) is 21.6 Å². The van der Waals surface area contributed by atoms with Gasteiger partial charge in [0.1, 0.15) is 11.5 Å². The summed E-state index contributed by atoms with van der Waals surface area (Å²) < 4.78 is 12.0. The fraction of sp³-hybridized carbons (Fsp3) is 0.200. The number of carbonyl (C=O) groups is 1. The van der Waals surface area contributed by atoms with Crippen LogP contribution in [0.2, 0.25) is 0 Å². The predicted octanol–water partition coefficient (Wildman–Crippen LogP) is 2.54. The van der Waals surface area contributed by atoms with E-state index in [1.54, 1.807) is 32.4 Å². The Bertz CT molecular complexity index is 976. The standard InChI is InChI=1S/C20H20N2O4/c1-12-5-6-13(2)17(9-12)22-18(20(23)24)11-16(21-22)15-8-7-14(25-3)10-19(15)26-4/h5-11H,1-4H3,(H,23,24)/p-1. The second-order valence-electron chi connectivity index (χ2n) is 5.97. The first-order valence-corrected chi connectivity index (χ1v) is 8.06. The molecule has 1 aromatic heterocycles. The van der Waals surface area contributed by atoms with E-state index in [0.717, 1.165) is 11.1 Å². The van der Waals surface area contributed by atoms with Crippen LogP contribution >= 0.6 is 0 Å². The number of hydrogen-bond donors (Lipinski definition) is 0. The lowest BCUT2D eigenvalue weighted by Crippen LogP contribution is -2.25. The molecule has 0 aliphatic heterocycles. The minimum Gasteiger partial charge on any atom is -0.543 e. The molecule has 0 aliphatic rings. The van der Waals surface area contributed by atoms with Gasteiger partial charge in [0.25, 0.3) is 0 Å². The summed E-state index contributed by atoms with van der Waals surface area (Å²) in [4.78, 5) is 11.7. The van der Waals surface area contributed by atoms with Crippen molar-refractivity contribution in [3.05, 3.63) is 59.3 Å². The third-order valence-electron chi connectivity index (χ3n) is 4.20. The van der Waals surface area contributed by atoms with Gasteiger partial charge in [-0.2, -0.15) is 5.10 Å². The van der Waals surface area contributed by atoms with Crippen molar-refractivity contribution in [3.8, 4) is 28.4 Å². The van der Waals surface area contributed by atoms with Crippen molar-refractivity contribution in [2.24, 2.45) is 0 Å². The number of aryl methyl sites for hydroxylation is 2. The summed E-state index contributed by atoms with van der Waals surface area (Å²) in [6, 6.07) is 12.6. The average Bonchev–Trinajstić information content (AvgIpc) is 3.08. The van der Waals surface area contributed by atoms with Gasteiger partial charge in [-0.1, -0.05) is 12.1 Å². The van der Waals surface area contributed by atoms with E-state index in [-0.39, 0.29) is 5.69 Å². The predicted molar refractivity (Wildman–Crippen MR) is 95.9 cm³/mol. The zero-order chi connectivity index (χ0) is 18.8. The third-order valence-corrected chi connectivity index (χ3v) is 4.20. The minimum absolute atomic E-state index is 0.0217. The molecule has 6 heteroatoms. The summed E-state index contributed by atoms with van der Waals surface area (Å²) in [5.41, 5.74) is 3.74. The molecule has 0 atom stereocenters. The van der Waals surface area contributed by atoms with Gasteiger partial charge in [0.05, 0.1) is 37.3 Å². The van der Waals surface area contributed by atoms with Gasteiger partial charge >= 0.3 is 0 Å². The van der Waals surface area contributed by atoms with E-state index in [9.17, 15) is 9.90 Å². The highest BCUT2D eigenvalue weighted by atomic mass is 16.5. The fourth-order valence-corrected chi connectivity index (χ4v) is 2.80. The fourth-order valence-electron chi connectivity index (χ4n) is 2.80. The Morgan fingerprint density at radius 2 is 1.81 bits per heavy atom. The molecule has 0 aliphatic carbocycles. The van der Waals surface area contributed by atoms with Gasteiger partial charge in [-0.15, -0.1) is 0 Å². The molecule has 0 radical (unpaired) electrons. The van der Waals surface area contributed by atoms with Gasteiger partial charge in [-0.25, -0.2) is 4.68 Å². The molecule has 3 aromatic rings. The van der Waals surface area contributed by atoms with E-state index in [1.165, 1.54) is 10.7 Å². The number of rotatable bonds is 5. The van der Waals surface area contributed by atoms with Crippen molar-refractivity contribution in [3.63, 3.8) is 0 Å². The molecule has 0 bridgehead atoms. The van der Waals surface area contributed by atoms with Gasteiger partial charge in [0.2, 0.25) is 0 Å². The zero-order valence-electron chi connectivity index (χ0n) is 15.1. The molecule has 0 saturated heterocycles. The number of carbonyl (C=O) groups excluding carboxylic acids is 1. The van der Waals surface area contributed by atoms with Crippen LogP contribution in [0, 0.1) is 13.8 Å². The van der Waals surface area contributed by atoms with Crippen LogP contribution in [0.15, 0.2) is 42.5 Å². The first-order valence-electron chi connectivity index (χ1n) is 8.06. The quantitative estimate of drug-likeness (QED) is 0.706. The van der Waals surface area contributed by atoms with Crippen molar-refractivity contribution in [2.75, 3.05) is 14.2 Å².